The SMILES string of the molecule is O=C(O)O.[CH2-]c1ccc(Br)cc1.[Cs+]. The van der Waals surface area contributed by atoms with E-state index in [-0.39, 0.29) is 68.9 Å². The van der Waals surface area contributed by atoms with Crippen LogP contribution in [0.2, 0.25) is 0 Å². The normalized spacial score (nSPS) is 7.46. The van der Waals surface area contributed by atoms with E-state index in [0.717, 1.165) is 10.0 Å². The summed E-state index contributed by atoms with van der Waals surface area (Å²) in [6.07, 6.45) is -1.83. The Morgan fingerprint density at radius 2 is 1.54 bits per heavy atom. The zero-order valence-electron chi connectivity index (χ0n) is 7.20. The van der Waals surface area contributed by atoms with E-state index in [1.54, 1.807) is 0 Å². The van der Waals surface area contributed by atoms with Crippen LogP contribution >= 0.6 is 15.9 Å². The number of benzene rings is 1. The molecule has 3 nitrogen and oxygen atoms in total. The van der Waals surface area contributed by atoms with Gasteiger partial charge in [-0.25, -0.2) is 4.79 Å². The average molecular weight is 365 g/mol. The molecule has 0 bridgehead atoms. The van der Waals surface area contributed by atoms with Crippen molar-refractivity contribution >= 4 is 22.1 Å². The van der Waals surface area contributed by atoms with Gasteiger partial charge in [-0.2, -0.15) is 24.6 Å². The second kappa shape index (κ2) is 9.45. The minimum Gasteiger partial charge on any atom is -0.450 e. The molecule has 0 amide bonds. The number of halogens is 1. The molecule has 0 spiro atoms. The van der Waals surface area contributed by atoms with Gasteiger partial charge in [0.05, 0.1) is 0 Å². The van der Waals surface area contributed by atoms with E-state index in [0.29, 0.717) is 0 Å². The molecule has 0 unspecified atom stereocenters. The second-order valence-corrected chi connectivity index (χ2v) is 2.82. The van der Waals surface area contributed by atoms with Crippen molar-refractivity contribution in [3.8, 4) is 0 Å². The van der Waals surface area contributed by atoms with Gasteiger partial charge in [-0.05, 0) is 4.47 Å². The summed E-state index contributed by atoms with van der Waals surface area (Å²) in [5.41, 5.74) is 1.05. The minimum atomic E-state index is -1.83. The van der Waals surface area contributed by atoms with Crippen LogP contribution in [0.15, 0.2) is 28.7 Å². The third-order valence-electron chi connectivity index (χ3n) is 0.913. The van der Waals surface area contributed by atoms with Gasteiger partial charge in [-0.3, -0.25) is 0 Å². The van der Waals surface area contributed by atoms with Crippen LogP contribution in [0.4, 0.5) is 4.79 Å². The van der Waals surface area contributed by atoms with E-state index < -0.39 is 6.16 Å². The second-order valence-electron chi connectivity index (χ2n) is 1.91. The smallest absolute Gasteiger partial charge is 0.450 e. The zero-order valence-corrected chi connectivity index (χ0v) is 15.1. The maximum absolute atomic E-state index is 8.56. The van der Waals surface area contributed by atoms with E-state index in [2.05, 4.69) is 22.9 Å². The summed E-state index contributed by atoms with van der Waals surface area (Å²) >= 11 is 3.32. The first-order chi connectivity index (χ1) is 5.52. The van der Waals surface area contributed by atoms with Crippen LogP contribution in [0.5, 0.6) is 0 Å². The summed E-state index contributed by atoms with van der Waals surface area (Å²) < 4.78 is 1.10. The van der Waals surface area contributed by atoms with Crippen molar-refractivity contribution < 1.29 is 83.9 Å². The Kier molecular flexibility index (Phi) is 11.9. The van der Waals surface area contributed by atoms with Gasteiger partial charge in [-0.1, -0.05) is 15.9 Å². The maximum Gasteiger partial charge on any atom is 1.00 e. The zero-order chi connectivity index (χ0) is 9.56. The molecule has 0 atom stereocenters. The van der Waals surface area contributed by atoms with Crippen molar-refractivity contribution in [2.75, 3.05) is 0 Å². The molecule has 0 heterocycles. The van der Waals surface area contributed by atoms with E-state index >= 15 is 0 Å². The summed E-state index contributed by atoms with van der Waals surface area (Å²) in [4.78, 5) is 8.56. The van der Waals surface area contributed by atoms with Crippen molar-refractivity contribution in [2.24, 2.45) is 0 Å². The predicted molar refractivity (Wildman–Crippen MR) is 49.3 cm³/mol. The van der Waals surface area contributed by atoms with Gasteiger partial charge in [0.2, 0.25) is 0 Å². The van der Waals surface area contributed by atoms with Crippen LogP contribution in [0.25, 0.3) is 0 Å². The van der Waals surface area contributed by atoms with Crippen molar-refractivity contribution in [1.29, 1.82) is 0 Å². The first-order valence-corrected chi connectivity index (χ1v) is 3.81. The molecule has 0 aromatic heterocycles. The Labute approximate surface area is 144 Å². The van der Waals surface area contributed by atoms with Crippen LogP contribution in [0.1, 0.15) is 5.56 Å². The summed E-state index contributed by atoms with van der Waals surface area (Å²) in [6.45, 7) is 3.74. The molecule has 13 heavy (non-hydrogen) atoms. The molecule has 0 aliphatic carbocycles. The largest absolute Gasteiger partial charge is 1.00 e. The van der Waals surface area contributed by atoms with Gasteiger partial charge in [0, 0.05) is 0 Å². The molecular weight excluding hydrogens is 357 g/mol. The molecule has 1 rings (SSSR count). The van der Waals surface area contributed by atoms with Crippen molar-refractivity contribution in [3.05, 3.63) is 41.2 Å². The molecule has 66 valence electrons. The Balaban J connectivity index is 0. The fraction of sp³-hybridized carbons (Fsp3) is 0. The number of hydrogen-bond acceptors (Lipinski definition) is 1. The van der Waals surface area contributed by atoms with Crippen molar-refractivity contribution in [1.82, 2.24) is 0 Å². The Hall–Kier alpha value is 0.892. The average Bonchev–Trinajstić information content (AvgIpc) is 1.94. The first-order valence-electron chi connectivity index (χ1n) is 3.02. The molecule has 0 saturated heterocycles. The quantitative estimate of drug-likeness (QED) is 0.630. The van der Waals surface area contributed by atoms with E-state index in [9.17, 15) is 0 Å². The molecule has 0 aliphatic rings. The van der Waals surface area contributed by atoms with Gasteiger partial charge in [0.25, 0.3) is 0 Å². The van der Waals surface area contributed by atoms with Crippen LogP contribution in [-0.4, -0.2) is 16.4 Å². The number of rotatable bonds is 0. The Morgan fingerprint density at radius 1 is 1.23 bits per heavy atom. The summed E-state index contributed by atoms with van der Waals surface area (Å²) in [7, 11) is 0. The van der Waals surface area contributed by atoms with Gasteiger partial charge in [-0.15, -0.1) is 12.1 Å². The van der Waals surface area contributed by atoms with Crippen molar-refractivity contribution in [3.63, 3.8) is 0 Å². The number of hydrogen-bond donors (Lipinski definition) is 2. The van der Waals surface area contributed by atoms with Crippen LogP contribution in [0.3, 0.4) is 0 Å². The van der Waals surface area contributed by atoms with Gasteiger partial charge in [0.1, 0.15) is 0 Å². The molecule has 2 N–H and O–H groups in total. The van der Waals surface area contributed by atoms with E-state index in [1.165, 1.54) is 0 Å². The minimum absolute atomic E-state index is 0. The third kappa shape index (κ3) is 12.9. The topological polar surface area (TPSA) is 57.5 Å². The summed E-state index contributed by atoms with van der Waals surface area (Å²) in [5.74, 6) is 0. The van der Waals surface area contributed by atoms with Gasteiger partial charge >= 0.3 is 75.0 Å². The van der Waals surface area contributed by atoms with Gasteiger partial charge in [0.15, 0.2) is 0 Å². The fourth-order valence-corrected chi connectivity index (χ4v) is 0.749. The molecule has 5 heteroatoms. The molecule has 1 aromatic rings. The molecule has 0 radical (unpaired) electrons. The molecule has 0 aliphatic heterocycles. The molecule has 1 aromatic carbocycles. The fourth-order valence-electron chi connectivity index (χ4n) is 0.484. The molecular formula is C8H8BrCsO3. The van der Waals surface area contributed by atoms with Gasteiger partial charge < -0.3 is 10.2 Å². The number of carbonyl (C=O) groups is 1. The number of carboxylic acid groups (broad SMARTS) is 2. The monoisotopic (exact) mass is 364 g/mol. The standard InChI is InChI=1S/C7H6Br.CH2O3.Cs/c1-6-2-4-7(8)5-3-6;2-1(3)4;/h2-5H,1H2;(H2,2,3,4);/q-1;;+1. The summed E-state index contributed by atoms with van der Waals surface area (Å²) in [6, 6.07) is 7.87. The Morgan fingerprint density at radius 3 is 1.77 bits per heavy atom. The van der Waals surface area contributed by atoms with Crippen molar-refractivity contribution in [2.45, 2.75) is 0 Å². The van der Waals surface area contributed by atoms with Crippen LogP contribution < -0.4 is 68.9 Å². The molecule has 0 fully saturated rings. The van der Waals surface area contributed by atoms with Crippen LogP contribution in [0, 0.1) is 6.92 Å². The van der Waals surface area contributed by atoms with E-state index in [4.69, 9.17) is 15.0 Å². The molecule has 0 saturated carbocycles. The Bertz CT molecular complexity index is 223. The predicted octanol–water partition coefficient (Wildman–Crippen LogP) is -0.142. The first kappa shape index (κ1) is 16.3. The third-order valence-corrected chi connectivity index (χ3v) is 1.44. The summed E-state index contributed by atoms with van der Waals surface area (Å²) in [5, 5.41) is 13.9. The van der Waals surface area contributed by atoms with Crippen LogP contribution in [-0.2, 0) is 0 Å². The maximum atomic E-state index is 8.56. The van der Waals surface area contributed by atoms with E-state index in [1.807, 2.05) is 24.3 Å².